The summed E-state index contributed by atoms with van der Waals surface area (Å²) in [5.41, 5.74) is 0.870. The van der Waals surface area contributed by atoms with Gasteiger partial charge in [0.15, 0.2) is 0 Å². The van der Waals surface area contributed by atoms with Crippen LogP contribution in [0.15, 0.2) is 24.3 Å². The van der Waals surface area contributed by atoms with Gasteiger partial charge in [-0.3, -0.25) is 4.79 Å². The maximum atomic E-state index is 11.4. The Balaban J connectivity index is 2.51. The monoisotopic (exact) mass is 225 g/mol. The highest BCUT2D eigenvalue weighted by Crippen LogP contribution is 2.09. The topological polar surface area (TPSA) is 46.2 Å². The van der Waals surface area contributed by atoms with Crippen LogP contribution < -0.4 is 5.32 Å². The van der Waals surface area contributed by atoms with E-state index in [0.29, 0.717) is 11.3 Å². The molecule has 1 N–H and O–H groups in total. The van der Waals surface area contributed by atoms with Gasteiger partial charge in [0.1, 0.15) is 6.29 Å². The molecule has 0 saturated heterocycles. The lowest BCUT2D eigenvalue weighted by molar-refractivity contribution is -0.123. The van der Waals surface area contributed by atoms with Crippen LogP contribution in [0.2, 0.25) is 5.02 Å². The highest BCUT2D eigenvalue weighted by Gasteiger charge is 2.06. The number of hydrogen-bond acceptors (Lipinski definition) is 2. The van der Waals surface area contributed by atoms with E-state index in [0.717, 1.165) is 5.56 Å². The number of rotatable bonds is 4. The van der Waals surface area contributed by atoms with Crippen LogP contribution in [0.5, 0.6) is 0 Å². The van der Waals surface area contributed by atoms with Gasteiger partial charge < -0.3 is 10.1 Å². The summed E-state index contributed by atoms with van der Waals surface area (Å²) in [6.07, 6.45) is 0.953. The highest BCUT2D eigenvalue weighted by molar-refractivity contribution is 6.30. The molecule has 0 spiro atoms. The van der Waals surface area contributed by atoms with Crippen molar-refractivity contribution in [2.75, 3.05) is 0 Å². The standard InChI is InChI=1S/C11H12ClNO2/c1-8(7-14)13-11(15)6-9-2-4-10(12)5-3-9/h2-5,7-8H,6H2,1H3,(H,13,15)/t8-/m0/s1. The van der Waals surface area contributed by atoms with Crippen molar-refractivity contribution in [1.82, 2.24) is 5.32 Å². The zero-order chi connectivity index (χ0) is 11.3. The normalized spacial score (nSPS) is 11.9. The average Bonchev–Trinajstić information content (AvgIpc) is 2.21. The Morgan fingerprint density at radius 1 is 1.47 bits per heavy atom. The molecule has 0 saturated carbocycles. The molecule has 1 rings (SSSR count). The Morgan fingerprint density at radius 3 is 2.60 bits per heavy atom. The fourth-order valence-electron chi connectivity index (χ4n) is 1.13. The van der Waals surface area contributed by atoms with E-state index >= 15 is 0 Å². The van der Waals surface area contributed by atoms with Gasteiger partial charge in [-0.1, -0.05) is 23.7 Å². The summed E-state index contributed by atoms with van der Waals surface area (Å²) >= 11 is 5.71. The number of aldehydes is 1. The first-order valence-corrected chi connectivity index (χ1v) is 4.98. The quantitative estimate of drug-likeness (QED) is 0.791. The second-order valence-corrected chi connectivity index (χ2v) is 3.73. The van der Waals surface area contributed by atoms with E-state index in [2.05, 4.69) is 5.32 Å². The van der Waals surface area contributed by atoms with Crippen LogP contribution in [-0.4, -0.2) is 18.2 Å². The second-order valence-electron chi connectivity index (χ2n) is 3.30. The molecular weight excluding hydrogens is 214 g/mol. The minimum atomic E-state index is -0.440. The van der Waals surface area contributed by atoms with Crippen LogP contribution >= 0.6 is 11.6 Å². The Hall–Kier alpha value is -1.35. The fraction of sp³-hybridized carbons (Fsp3) is 0.273. The van der Waals surface area contributed by atoms with E-state index in [1.807, 2.05) is 0 Å². The smallest absolute Gasteiger partial charge is 0.224 e. The molecule has 1 amide bonds. The Labute approximate surface area is 93.4 Å². The molecular formula is C11H12ClNO2. The van der Waals surface area contributed by atoms with Gasteiger partial charge in [-0.15, -0.1) is 0 Å². The lowest BCUT2D eigenvalue weighted by Crippen LogP contribution is -2.34. The van der Waals surface area contributed by atoms with Crippen molar-refractivity contribution in [1.29, 1.82) is 0 Å². The molecule has 1 aromatic carbocycles. The van der Waals surface area contributed by atoms with E-state index in [4.69, 9.17) is 11.6 Å². The molecule has 0 aliphatic carbocycles. The van der Waals surface area contributed by atoms with Gasteiger partial charge >= 0.3 is 0 Å². The van der Waals surface area contributed by atoms with Gasteiger partial charge in [0.05, 0.1) is 12.5 Å². The van der Waals surface area contributed by atoms with Gasteiger partial charge in [-0.25, -0.2) is 0 Å². The van der Waals surface area contributed by atoms with Crippen LogP contribution in [-0.2, 0) is 16.0 Å². The van der Waals surface area contributed by atoms with Crippen molar-refractivity contribution < 1.29 is 9.59 Å². The molecule has 0 radical (unpaired) electrons. The third kappa shape index (κ3) is 4.13. The maximum Gasteiger partial charge on any atom is 0.224 e. The molecule has 4 heteroatoms. The molecule has 0 aliphatic rings. The summed E-state index contributed by atoms with van der Waals surface area (Å²) in [7, 11) is 0. The minimum Gasteiger partial charge on any atom is -0.347 e. The number of amides is 1. The maximum absolute atomic E-state index is 11.4. The first-order chi connectivity index (χ1) is 7.11. The second kappa shape index (κ2) is 5.51. The van der Waals surface area contributed by atoms with Gasteiger partial charge in [0.2, 0.25) is 5.91 Å². The number of carbonyl (C=O) groups excluding carboxylic acids is 2. The van der Waals surface area contributed by atoms with Gasteiger partial charge in [0.25, 0.3) is 0 Å². The number of benzene rings is 1. The third-order valence-electron chi connectivity index (χ3n) is 1.87. The third-order valence-corrected chi connectivity index (χ3v) is 2.12. The van der Waals surface area contributed by atoms with E-state index < -0.39 is 6.04 Å². The molecule has 3 nitrogen and oxygen atoms in total. The lowest BCUT2D eigenvalue weighted by Gasteiger charge is -2.07. The van der Waals surface area contributed by atoms with E-state index in [1.165, 1.54) is 0 Å². The highest BCUT2D eigenvalue weighted by atomic mass is 35.5. The molecule has 0 fully saturated rings. The number of hydrogen-bond donors (Lipinski definition) is 1. The number of nitrogens with one attached hydrogen (secondary N) is 1. The predicted octanol–water partition coefficient (Wildman–Crippen LogP) is 1.59. The summed E-state index contributed by atoms with van der Waals surface area (Å²) in [6.45, 7) is 1.63. The summed E-state index contributed by atoms with van der Waals surface area (Å²) in [4.78, 5) is 21.7. The van der Waals surface area contributed by atoms with Crippen molar-refractivity contribution in [2.24, 2.45) is 0 Å². The van der Waals surface area contributed by atoms with Gasteiger partial charge in [0, 0.05) is 5.02 Å². The van der Waals surface area contributed by atoms with E-state index in [9.17, 15) is 9.59 Å². The van der Waals surface area contributed by atoms with Crippen LogP contribution in [0.3, 0.4) is 0 Å². The van der Waals surface area contributed by atoms with Crippen LogP contribution in [0.25, 0.3) is 0 Å². The van der Waals surface area contributed by atoms with Gasteiger partial charge in [-0.2, -0.15) is 0 Å². The Morgan fingerprint density at radius 2 is 2.07 bits per heavy atom. The molecule has 0 unspecified atom stereocenters. The zero-order valence-corrected chi connectivity index (χ0v) is 9.12. The lowest BCUT2D eigenvalue weighted by atomic mass is 10.1. The fourth-order valence-corrected chi connectivity index (χ4v) is 1.25. The van der Waals surface area contributed by atoms with Crippen molar-refractivity contribution in [2.45, 2.75) is 19.4 Å². The Bertz CT molecular complexity index is 348. The minimum absolute atomic E-state index is 0.170. The first-order valence-electron chi connectivity index (χ1n) is 4.61. The van der Waals surface area contributed by atoms with Crippen LogP contribution in [0.1, 0.15) is 12.5 Å². The van der Waals surface area contributed by atoms with E-state index in [1.54, 1.807) is 31.2 Å². The van der Waals surface area contributed by atoms with Crippen LogP contribution in [0.4, 0.5) is 0 Å². The first kappa shape index (κ1) is 11.7. The molecule has 0 aromatic heterocycles. The van der Waals surface area contributed by atoms with Crippen molar-refractivity contribution in [3.05, 3.63) is 34.9 Å². The molecule has 0 aliphatic heterocycles. The summed E-state index contributed by atoms with van der Waals surface area (Å²) in [5.74, 6) is -0.170. The van der Waals surface area contributed by atoms with E-state index in [-0.39, 0.29) is 12.3 Å². The van der Waals surface area contributed by atoms with Crippen molar-refractivity contribution in [3.63, 3.8) is 0 Å². The predicted molar refractivity (Wildman–Crippen MR) is 58.8 cm³/mol. The van der Waals surface area contributed by atoms with Crippen molar-refractivity contribution >= 4 is 23.8 Å². The molecule has 15 heavy (non-hydrogen) atoms. The SMILES string of the molecule is C[C@@H](C=O)NC(=O)Cc1ccc(Cl)cc1. The summed E-state index contributed by atoms with van der Waals surface area (Å²) < 4.78 is 0. The summed E-state index contributed by atoms with van der Waals surface area (Å²) in [5, 5.41) is 3.19. The Kier molecular flexibility index (Phi) is 4.31. The number of carbonyl (C=O) groups is 2. The molecule has 0 bridgehead atoms. The largest absolute Gasteiger partial charge is 0.347 e. The molecule has 1 atom stereocenters. The zero-order valence-electron chi connectivity index (χ0n) is 8.37. The molecule has 80 valence electrons. The van der Waals surface area contributed by atoms with Gasteiger partial charge in [-0.05, 0) is 24.6 Å². The summed E-state index contributed by atoms with van der Waals surface area (Å²) in [6, 6.07) is 6.59. The molecule has 1 aromatic rings. The average molecular weight is 226 g/mol. The molecule has 0 heterocycles. The van der Waals surface area contributed by atoms with Crippen LogP contribution in [0, 0.1) is 0 Å². The number of halogens is 1. The van der Waals surface area contributed by atoms with Crippen molar-refractivity contribution in [3.8, 4) is 0 Å².